The van der Waals surface area contributed by atoms with Crippen molar-refractivity contribution >= 4 is 5.69 Å². The van der Waals surface area contributed by atoms with Gasteiger partial charge in [0, 0.05) is 0 Å². The Labute approximate surface area is 76.3 Å². The first-order valence-corrected chi connectivity index (χ1v) is 4.42. The first-order chi connectivity index (χ1) is 6.25. The topological polar surface area (TPSA) is 71.8 Å². The van der Waals surface area contributed by atoms with Gasteiger partial charge in [0.25, 0.3) is 0 Å². The first kappa shape index (κ1) is 9.70. The number of aryl methyl sites for hydroxylation is 1. The van der Waals surface area contributed by atoms with E-state index in [0.29, 0.717) is 12.1 Å². The quantitative estimate of drug-likeness (QED) is 0.431. The molecular weight excluding hydrogens is 170 g/mol. The van der Waals surface area contributed by atoms with Crippen molar-refractivity contribution in [2.75, 3.05) is 0 Å². The fraction of sp³-hybridized carbons (Fsp3) is 0.625. The molecule has 0 fully saturated rings. The minimum Gasteiger partial charge on any atom is -0.278 e. The number of nitrogens with one attached hydrogen (secondary N) is 1. The lowest BCUT2D eigenvalue weighted by atomic mass is 10.1. The van der Waals surface area contributed by atoms with Gasteiger partial charge in [-0.05, 0) is 12.8 Å². The van der Waals surface area contributed by atoms with E-state index in [0.717, 1.165) is 19.3 Å². The van der Waals surface area contributed by atoms with Crippen LogP contribution in [0.3, 0.4) is 0 Å². The standard InChI is InChI=1S/C8H13N3O2/c1-2-3-4-5-7-8(11(12)13)6-9-10-7/h6H,2-5H2,1H3,(H,9,10). The number of aromatic nitrogens is 2. The summed E-state index contributed by atoms with van der Waals surface area (Å²) in [6.45, 7) is 2.10. The van der Waals surface area contributed by atoms with Crippen LogP contribution >= 0.6 is 0 Å². The van der Waals surface area contributed by atoms with Gasteiger partial charge in [0.15, 0.2) is 0 Å². The smallest absolute Gasteiger partial charge is 0.278 e. The van der Waals surface area contributed by atoms with E-state index in [1.165, 1.54) is 6.20 Å². The number of rotatable bonds is 5. The number of hydrogen-bond donors (Lipinski definition) is 1. The second-order valence-electron chi connectivity index (χ2n) is 2.93. The van der Waals surface area contributed by atoms with Crippen LogP contribution < -0.4 is 0 Å². The molecule has 1 aromatic heterocycles. The van der Waals surface area contributed by atoms with Crippen molar-refractivity contribution in [1.29, 1.82) is 0 Å². The molecule has 0 saturated carbocycles. The van der Waals surface area contributed by atoms with Crippen LogP contribution in [0.1, 0.15) is 31.9 Å². The van der Waals surface area contributed by atoms with E-state index >= 15 is 0 Å². The van der Waals surface area contributed by atoms with Gasteiger partial charge in [0.2, 0.25) is 0 Å². The predicted molar refractivity (Wildman–Crippen MR) is 48.5 cm³/mol. The van der Waals surface area contributed by atoms with Crippen molar-refractivity contribution in [3.63, 3.8) is 0 Å². The van der Waals surface area contributed by atoms with Crippen LogP contribution in [0.2, 0.25) is 0 Å². The largest absolute Gasteiger partial charge is 0.309 e. The zero-order chi connectivity index (χ0) is 9.68. The summed E-state index contributed by atoms with van der Waals surface area (Å²) in [5.41, 5.74) is 0.676. The van der Waals surface area contributed by atoms with Gasteiger partial charge in [-0.3, -0.25) is 15.2 Å². The Morgan fingerprint density at radius 3 is 3.00 bits per heavy atom. The summed E-state index contributed by atoms with van der Waals surface area (Å²) in [5, 5.41) is 16.8. The summed E-state index contributed by atoms with van der Waals surface area (Å²) in [5.74, 6) is 0. The van der Waals surface area contributed by atoms with Gasteiger partial charge in [-0.25, -0.2) is 0 Å². The monoisotopic (exact) mass is 183 g/mol. The number of H-pyrrole nitrogens is 1. The second kappa shape index (κ2) is 4.59. The van der Waals surface area contributed by atoms with Gasteiger partial charge in [-0.15, -0.1) is 0 Å². The lowest BCUT2D eigenvalue weighted by Gasteiger charge is -1.94. The normalized spacial score (nSPS) is 10.2. The van der Waals surface area contributed by atoms with Crippen molar-refractivity contribution in [1.82, 2.24) is 10.2 Å². The number of nitro groups is 1. The van der Waals surface area contributed by atoms with Crippen molar-refractivity contribution < 1.29 is 4.92 Å². The van der Waals surface area contributed by atoms with E-state index in [1.807, 2.05) is 0 Å². The Morgan fingerprint density at radius 2 is 2.38 bits per heavy atom. The fourth-order valence-electron chi connectivity index (χ4n) is 1.20. The molecule has 0 bridgehead atoms. The average molecular weight is 183 g/mol. The third kappa shape index (κ3) is 2.54. The van der Waals surface area contributed by atoms with Gasteiger partial charge in [0.05, 0.1) is 11.1 Å². The highest BCUT2D eigenvalue weighted by Gasteiger charge is 2.15. The molecule has 0 aliphatic heterocycles. The zero-order valence-electron chi connectivity index (χ0n) is 7.62. The Morgan fingerprint density at radius 1 is 1.62 bits per heavy atom. The molecule has 0 aliphatic carbocycles. The molecule has 0 amide bonds. The summed E-state index contributed by atoms with van der Waals surface area (Å²) >= 11 is 0. The van der Waals surface area contributed by atoms with E-state index in [9.17, 15) is 10.1 Å². The van der Waals surface area contributed by atoms with Gasteiger partial charge in [-0.1, -0.05) is 19.8 Å². The van der Waals surface area contributed by atoms with Crippen LogP contribution in [0.4, 0.5) is 5.69 Å². The van der Waals surface area contributed by atoms with Crippen LogP contribution in [-0.2, 0) is 6.42 Å². The van der Waals surface area contributed by atoms with Gasteiger partial charge < -0.3 is 0 Å². The molecule has 0 saturated heterocycles. The maximum Gasteiger partial charge on any atom is 0.309 e. The molecule has 0 radical (unpaired) electrons. The summed E-state index contributed by atoms with van der Waals surface area (Å²) in [6, 6.07) is 0. The molecule has 1 N–H and O–H groups in total. The summed E-state index contributed by atoms with van der Waals surface area (Å²) in [7, 11) is 0. The number of aromatic amines is 1. The van der Waals surface area contributed by atoms with Crippen LogP contribution in [0.15, 0.2) is 6.20 Å². The molecule has 0 aromatic carbocycles. The highest BCUT2D eigenvalue weighted by molar-refractivity contribution is 5.31. The van der Waals surface area contributed by atoms with Crippen LogP contribution in [0.25, 0.3) is 0 Å². The van der Waals surface area contributed by atoms with E-state index in [4.69, 9.17) is 0 Å². The molecule has 72 valence electrons. The average Bonchev–Trinajstić information content (AvgIpc) is 2.53. The minimum absolute atomic E-state index is 0.108. The molecule has 0 atom stereocenters. The number of hydrogen-bond acceptors (Lipinski definition) is 3. The van der Waals surface area contributed by atoms with Gasteiger partial charge in [0.1, 0.15) is 5.69 Å². The molecule has 1 aromatic rings. The van der Waals surface area contributed by atoms with Gasteiger partial charge in [-0.2, -0.15) is 5.10 Å². The Hall–Kier alpha value is -1.39. The number of nitrogens with zero attached hydrogens (tertiary/aromatic N) is 2. The van der Waals surface area contributed by atoms with Crippen LogP contribution in [0, 0.1) is 10.1 Å². The molecule has 1 rings (SSSR count). The lowest BCUT2D eigenvalue weighted by Crippen LogP contribution is -1.93. The van der Waals surface area contributed by atoms with E-state index < -0.39 is 4.92 Å². The lowest BCUT2D eigenvalue weighted by molar-refractivity contribution is -0.385. The maximum atomic E-state index is 10.5. The van der Waals surface area contributed by atoms with Gasteiger partial charge >= 0.3 is 5.69 Å². The highest BCUT2D eigenvalue weighted by atomic mass is 16.6. The Kier molecular flexibility index (Phi) is 3.42. The van der Waals surface area contributed by atoms with Crippen molar-refractivity contribution in [2.45, 2.75) is 32.6 Å². The molecule has 5 nitrogen and oxygen atoms in total. The highest BCUT2D eigenvalue weighted by Crippen LogP contribution is 2.16. The summed E-state index contributed by atoms with van der Waals surface area (Å²) in [4.78, 5) is 10.1. The van der Waals surface area contributed by atoms with Crippen molar-refractivity contribution in [2.24, 2.45) is 0 Å². The summed E-state index contributed by atoms with van der Waals surface area (Å²) < 4.78 is 0. The van der Waals surface area contributed by atoms with Crippen molar-refractivity contribution in [3.05, 3.63) is 22.0 Å². The third-order valence-electron chi connectivity index (χ3n) is 1.91. The zero-order valence-corrected chi connectivity index (χ0v) is 7.62. The minimum atomic E-state index is -0.398. The first-order valence-electron chi connectivity index (χ1n) is 4.42. The molecule has 0 unspecified atom stereocenters. The van der Waals surface area contributed by atoms with E-state index in [2.05, 4.69) is 17.1 Å². The molecule has 1 heterocycles. The molecular formula is C8H13N3O2. The van der Waals surface area contributed by atoms with E-state index in [-0.39, 0.29) is 5.69 Å². The second-order valence-corrected chi connectivity index (χ2v) is 2.93. The summed E-state index contributed by atoms with van der Waals surface area (Å²) in [6.07, 6.45) is 5.18. The number of unbranched alkanes of at least 4 members (excludes halogenated alkanes) is 2. The fourth-order valence-corrected chi connectivity index (χ4v) is 1.20. The molecule has 5 heteroatoms. The van der Waals surface area contributed by atoms with Crippen LogP contribution in [0.5, 0.6) is 0 Å². The Balaban J connectivity index is 2.55. The maximum absolute atomic E-state index is 10.5. The molecule has 13 heavy (non-hydrogen) atoms. The van der Waals surface area contributed by atoms with E-state index in [1.54, 1.807) is 0 Å². The third-order valence-corrected chi connectivity index (χ3v) is 1.91. The van der Waals surface area contributed by atoms with Crippen molar-refractivity contribution in [3.8, 4) is 0 Å². The SMILES string of the molecule is CCCCCc1n[nH]cc1[N+](=O)[O-]. The molecule has 0 aliphatic rings. The predicted octanol–water partition coefficient (Wildman–Crippen LogP) is 2.05. The molecule has 0 spiro atoms. The van der Waals surface area contributed by atoms with Crippen LogP contribution in [-0.4, -0.2) is 15.1 Å². The Bertz CT molecular complexity index is 283.